The van der Waals surface area contributed by atoms with Gasteiger partial charge in [0.2, 0.25) is 5.43 Å². The van der Waals surface area contributed by atoms with Crippen LogP contribution < -0.4 is 10.2 Å². The Hall–Kier alpha value is -2.99. The Balaban J connectivity index is 0.000000287. The van der Waals surface area contributed by atoms with Gasteiger partial charge in [0.1, 0.15) is 5.75 Å². The molecule has 0 saturated heterocycles. The van der Waals surface area contributed by atoms with Crippen LogP contribution in [-0.2, 0) is 6.54 Å². The number of aromatic nitrogens is 2. The van der Waals surface area contributed by atoms with Gasteiger partial charge < -0.3 is 9.84 Å². The van der Waals surface area contributed by atoms with Crippen LogP contribution in [0.1, 0.15) is 55.6 Å². The fourth-order valence-electron chi connectivity index (χ4n) is 3.79. The van der Waals surface area contributed by atoms with E-state index >= 15 is 0 Å². The Kier molecular flexibility index (Phi) is 7.58. The van der Waals surface area contributed by atoms with E-state index in [1.54, 1.807) is 23.9 Å². The number of hydrogen-bond acceptors (Lipinski definition) is 5. The van der Waals surface area contributed by atoms with Crippen LogP contribution in [0.4, 0.5) is 0 Å². The first kappa shape index (κ1) is 22.7. The van der Waals surface area contributed by atoms with Gasteiger partial charge in [0.05, 0.1) is 25.3 Å². The van der Waals surface area contributed by atoms with Crippen molar-refractivity contribution in [1.82, 2.24) is 9.78 Å². The highest BCUT2D eigenvalue weighted by Gasteiger charge is 2.17. The normalized spacial score (nSPS) is 18.2. The monoisotopic (exact) mass is 422 g/mol. The number of ketones is 1. The van der Waals surface area contributed by atoms with E-state index in [4.69, 9.17) is 4.74 Å². The maximum absolute atomic E-state index is 12.3. The summed E-state index contributed by atoms with van der Waals surface area (Å²) in [5, 5.41) is 13.9. The van der Waals surface area contributed by atoms with E-state index in [9.17, 15) is 14.7 Å². The molecule has 6 heteroatoms. The zero-order valence-corrected chi connectivity index (χ0v) is 18.4. The molecule has 1 heterocycles. The van der Waals surface area contributed by atoms with Gasteiger partial charge in [-0.3, -0.25) is 14.3 Å². The first-order valence-corrected chi connectivity index (χ1v) is 10.7. The van der Waals surface area contributed by atoms with Gasteiger partial charge in [-0.05, 0) is 48.6 Å². The summed E-state index contributed by atoms with van der Waals surface area (Å²) in [6.07, 6.45) is 4.80. The predicted octanol–water partition coefficient (Wildman–Crippen LogP) is 4.21. The van der Waals surface area contributed by atoms with Crippen molar-refractivity contribution in [1.29, 1.82) is 0 Å². The number of hydrogen-bond donors (Lipinski definition) is 1. The third-order valence-electron chi connectivity index (χ3n) is 5.75. The number of methoxy groups -OCH3 is 1. The number of fused-ring (bicyclic) bond motifs is 1. The number of aliphatic hydroxyl groups excluding tert-OH is 1. The summed E-state index contributed by atoms with van der Waals surface area (Å²) in [5.41, 5.74) is 1.36. The largest absolute Gasteiger partial charge is 0.497 e. The number of carbonyl (C=O) groups is 1. The SMILES string of the molecule is COc1ccc(Cn2nc(C(C)=O)c(=O)c3ccccc32)cc1.C[C@H]1CCCCC1O. The summed E-state index contributed by atoms with van der Waals surface area (Å²) in [5.74, 6) is 1.00. The van der Waals surface area contributed by atoms with Crippen molar-refractivity contribution in [3.05, 3.63) is 70.0 Å². The average Bonchev–Trinajstić information content (AvgIpc) is 2.78. The van der Waals surface area contributed by atoms with Gasteiger partial charge in [0.25, 0.3) is 0 Å². The van der Waals surface area contributed by atoms with Crippen LogP contribution in [0.3, 0.4) is 0 Å². The Morgan fingerprint density at radius 1 is 1.13 bits per heavy atom. The molecule has 2 aromatic carbocycles. The number of aliphatic hydroxyl groups is 1. The van der Waals surface area contributed by atoms with E-state index in [1.165, 1.54) is 26.2 Å². The standard InChI is InChI=1S/C18H16N2O3.C7H14O/c1-12(21)17-18(22)15-5-3-4-6-16(15)20(19-17)11-13-7-9-14(23-2)10-8-13;1-6-4-2-3-5-7(6)8/h3-10H,11H2,1-2H3;6-8H,2-5H2,1H3/t;6-,7?/m.0/s1. The number of nitrogens with zero attached hydrogens (tertiary/aromatic N) is 2. The molecule has 1 aromatic heterocycles. The van der Waals surface area contributed by atoms with Gasteiger partial charge >= 0.3 is 0 Å². The van der Waals surface area contributed by atoms with E-state index in [1.807, 2.05) is 36.4 Å². The van der Waals surface area contributed by atoms with Gasteiger partial charge in [0, 0.05) is 12.3 Å². The van der Waals surface area contributed by atoms with Crippen molar-refractivity contribution >= 4 is 16.7 Å². The van der Waals surface area contributed by atoms with Crippen molar-refractivity contribution in [3.8, 4) is 5.75 Å². The molecule has 1 saturated carbocycles. The molecule has 0 aliphatic heterocycles. The van der Waals surface area contributed by atoms with Crippen LogP contribution in [-0.4, -0.2) is 33.9 Å². The smallest absolute Gasteiger partial charge is 0.218 e. The van der Waals surface area contributed by atoms with Crippen LogP contribution in [0.15, 0.2) is 53.3 Å². The Labute approximate surface area is 182 Å². The van der Waals surface area contributed by atoms with Crippen LogP contribution in [0.2, 0.25) is 0 Å². The molecule has 1 aliphatic carbocycles. The fraction of sp³-hybridized carbons (Fsp3) is 0.400. The second-order valence-electron chi connectivity index (χ2n) is 8.09. The molecule has 1 unspecified atom stereocenters. The summed E-state index contributed by atoms with van der Waals surface area (Å²) < 4.78 is 6.84. The second kappa shape index (κ2) is 10.4. The molecular formula is C25H30N2O4. The van der Waals surface area contributed by atoms with Crippen molar-refractivity contribution in [2.75, 3.05) is 7.11 Å². The molecule has 3 aromatic rings. The molecule has 1 fully saturated rings. The van der Waals surface area contributed by atoms with Gasteiger partial charge in [0.15, 0.2) is 11.5 Å². The van der Waals surface area contributed by atoms with Gasteiger partial charge in [-0.25, -0.2) is 0 Å². The lowest BCUT2D eigenvalue weighted by Crippen LogP contribution is -2.22. The summed E-state index contributed by atoms with van der Waals surface area (Å²) in [4.78, 5) is 24.1. The zero-order chi connectivity index (χ0) is 22.4. The summed E-state index contributed by atoms with van der Waals surface area (Å²) in [6.45, 7) is 3.95. The van der Waals surface area contributed by atoms with Gasteiger partial charge in [-0.2, -0.15) is 5.10 Å². The molecule has 0 bridgehead atoms. The minimum Gasteiger partial charge on any atom is -0.497 e. The van der Waals surface area contributed by atoms with Gasteiger partial charge in [-0.15, -0.1) is 0 Å². The lowest BCUT2D eigenvalue weighted by molar-refractivity contribution is 0.0793. The van der Waals surface area contributed by atoms with Crippen molar-refractivity contribution in [2.24, 2.45) is 5.92 Å². The third kappa shape index (κ3) is 5.58. The number of para-hydroxylation sites is 1. The third-order valence-corrected chi connectivity index (χ3v) is 5.75. The number of benzene rings is 2. The van der Waals surface area contributed by atoms with E-state index in [2.05, 4.69) is 12.0 Å². The molecule has 1 aliphatic rings. The molecule has 0 radical (unpaired) electrons. The summed E-state index contributed by atoms with van der Waals surface area (Å²) in [7, 11) is 1.62. The molecule has 0 spiro atoms. The number of ether oxygens (including phenoxy) is 1. The maximum Gasteiger partial charge on any atom is 0.218 e. The van der Waals surface area contributed by atoms with Crippen LogP contribution >= 0.6 is 0 Å². The summed E-state index contributed by atoms with van der Waals surface area (Å²) >= 11 is 0. The first-order valence-electron chi connectivity index (χ1n) is 10.7. The quantitative estimate of drug-likeness (QED) is 0.637. The second-order valence-corrected chi connectivity index (χ2v) is 8.09. The Morgan fingerprint density at radius 2 is 1.81 bits per heavy atom. The highest BCUT2D eigenvalue weighted by molar-refractivity contribution is 5.95. The lowest BCUT2D eigenvalue weighted by atomic mass is 9.88. The van der Waals surface area contributed by atoms with Crippen LogP contribution in [0, 0.1) is 5.92 Å². The predicted molar refractivity (Wildman–Crippen MR) is 122 cm³/mol. The van der Waals surface area contributed by atoms with Crippen molar-refractivity contribution in [2.45, 2.75) is 52.2 Å². The highest BCUT2D eigenvalue weighted by Crippen LogP contribution is 2.23. The number of carbonyl (C=O) groups excluding carboxylic acids is 1. The molecule has 2 atom stereocenters. The molecule has 4 rings (SSSR count). The van der Waals surface area contributed by atoms with E-state index in [-0.39, 0.29) is 23.0 Å². The van der Waals surface area contributed by atoms with Crippen LogP contribution in [0.5, 0.6) is 5.75 Å². The minimum atomic E-state index is -0.329. The van der Waals surface area contributed by atoms with Crippen LogP contribution in [0.25, 0.3) is 10.9 Å². The highest BCUT2D eigenvalue weighted by atomic mass is 16.5. The van der Waals surface area contributed by atoms with Crippen molar-refractivity contribution < 1.29 is 14.6 Å². The van der Waals surface area contributed by atoms with Gasteiger partial charge in [-0.1, -0.05) is 44.0 Å². The minimum absolute atomic E-state index is 0.00347. The lowest BCUT2D eigenvalue weighted by Gasteiger charge is -2.23. The topological polar surface area (TPSA) is 81.4 Å². The van der Waals surface area contributed by atoms with E-state index < -0.39 is 0 Å². The fourth-order valence-corrected chi connectivity index (χ4v) is 3.79. The molecule has 1 N–H and O–H groups in total. The Bertz CT molecular complexity index is 1080. The molecular weight excluding hydrogens is 392 g/mol. The number of Topliss-reactive ketones (excluding diaryl/α,β-unsaturated/α-hetero) is 1. The molecule has 164 valence electrons. The maximum atomic E-state index is 12.3. The van der Waals surface area contributed by atoms with E-state index in [0.717, 1.165) is 17.7 Å². The molecule has 0 amide bonds. The molecule has 31 heavy (non-hydrogen) atoms. The molecule has 6 nitrogen and oxygen atoms in total. The average molecular weight is 423 g/mol. The first-order chi connectivity index (χ1) is 14.9. The summed E-state index contributed by atoms with van der Waals surface area (Å²) in [6, 6.07) is 14.8. The zero-order valence-electron chi connectivity index (χ0n) is 18.4. The Morgan fingerprint density at radius 3 is 2.39 bits per heavy atom. The number of rotatable bonds is 4. The van der Waals surface area contributed by atoms with E-state index in [0.29, 0.717) is 23.4 Å². The van der Waals surface area contributed by atoms with Crippen molar-refractivity contribution in [3.63, 3.8) is 0 Å².